The molecule has 1 aliphatic heterocycles. The molecule has 14 heavy (non-hydrogen) atoms. The van der Waals surface area contributed by atoms with Crippen molar-refractivity contribution in [1.29, 1.82) is 0 Å². The molecule has 76 valence electrons. The van der Waals surface area contributed by atoms with Gasteiger partial charge in [0.1, 0.15) is 5.82 Å². The number of rotatable bonds is 4. The van der Waals surface area contributed by atoms with Crippen molar-refractivity contribution >= 4 is 0 Å². The zero-order valence-corrected chi connectivity index (χ0v) is 7.82. The highest BCUT2D eigenvalue weighted by atomic mass is 19.1. The number of aliphatic hydroxyl groups is 1. The maximum absolute atomic E-state index is 12.8. The van der Waals surface area contributed by atoms with Gasteiger partial charge in [0.25, 0.3) is 0 Å². The highest BCUT2D eigenvalue weighted by molar-refractivity contribution is 5.18. The van der Waals surface area contributed by atoms with Gasteiger partial charge >= 0.3 is 0 Å². The van der Waals surface area contributed by atoms with Crippen molar-refractivity contribution < 1.29 is 14.2 Å². The van der Waals surface area contributed by atoms with E-state index in [0.717, 1.165) is 13.0 Å². The number of ether oxygens (including phenoxy) is 1. The third-order valence-corrected chi connectivity index (χ3v) is 2.40. The fourth-order valence-electron chi connectivity index (χ4n) is 1.46. The molecule has 0 bridgehead atoms. The largest absolute Gasteiger partial charge is 0.388 e. The fraction of sp³-hybridized carbons (Fsp3) is 0.455. The van der Waals surface area contributed by atoms with E-state index < -0.39 is 6.10 Å². The van der Waals surface area contributed by atoms with Gasteiger partial charge in [0.15, 0.2) is 0 Å². The molecule has 0 saturated carbocycles. The number of aliphatic hydroxyl groups excluding tert-OH is 1. The zero-order chi connectivity index (χ0) is 9.97. The van der Waals surface area contributed by atoms with E-state index in [1.54, 1.807) is 12.1 Å². The number of hydrogen-bond donors (Lipinski definition) is 1. The molecule has 0 amide bonds. The summed E-state index contributed by atoms with van der Waals surface area (Å²) in [6.07, 6.45) is 1.22. The van der Waals surface area contributed by atoms with Crippen LogP contribution in [0.2, 0.25) is 0 Å². The highest BCUT2D eigenvalue weighted by Gasteiger charge is 2.23. The average Bonchev–Trinajstić information content (AvgIpc) is 2.97. The lowest BCUT2D eigenvalue weighted by molar-refractivity contribution is 0.159. The summed E-state index contributed by atoms with van der Waals surface area (Å²) >= 11 is 0. The van der Waals surface area contributed by atoms with Gasteiger partial charge in [0.2, 0.25) is 0 Å². The molecule has 1 aliphatic rings. The molecule has 1 fully saturated rings. The molecule has 1 aromatic rings. The van der Waals surface area contributed by atoms with Crippen LogP contribution in [0.5, 0.6) is 0 Å². The van der Waals surface area contributed by atoms with Crippen LogP contribution in [-0.2, 0) is 4.74 Å². The van der Waals surface area contributed by atoms with Crippen molar-refractivity contribution in [3.63, 3.8) is 0 Å². The second-order valence-electron chi connectivity index (χ2n) is 3.60. The quantitative estimate of drug-likeness (QED) is 0.747. The Kier molecular flexibility index (Phi) is 2.79. The van der Waals surface area contributed by atoms with E-state index in [0.29, 0.717) is 18.1 Å². The summed E-state index contributed by atoms with van der Waals surface area (Å²) in [4.78, 5) is 0. The summed E-state index contributed by atoms with van der Waals surface area (Å²) in [6, 6.07) is 6.10. The summed E-state index contributed by atoms with van der Waals surface area (Å²) < 4.78 is 17.8. The van der Waals surface area contributed by atoms with Crippen molar-refractivity contribution in [3.8, 4) is 0 Å². The van der Waals surface area contributed by atoms with Crippen molar-refractivity contribution in [1.82, 2.24) is 0 Å². The fourth-order valence-corrected chi connectivity index (χ4v) is 1.46. The normalized spacial score (nSPS) is 22.0. The van der Waals surface area contributed by atoms with Gasteiger partial charge in [-0.25, -0.2) is 4.39 Å². The van der Waals surface area contributed by atoms with E-state index in [9.17, 15) is 9.50 Å². The monoisotopic (exact) mass is 196 g/mol. The molecule has 3 heteroatoms. The van der Waals surface area contributed by atoms with Crippen molar-refractivity contribution in [2.75, 3.05) is 6.61 Å². The number of epoxide rings is 1. The molecule has 1 saturated heterocycles. The first kappa shape index (κ1) is 9.62. The van der Waals surface area contributed by atoms with Crippen molar-refractivity contribution in [2.45, 2.75) is 25.0 Å². The molecule has 0 spiro atoms. The first-order valence-corrected chi connectivity index (χ1v) is 4.81. The Labute approximate surface area is 82.3 Å². The summed E-state index contributed by atoms with van der Waals surface area (Å²) in [7, 11) is 0. The molecule has 0 aromatic heterocycles. The molecule has 1 aromatic carbocycles. The van der Waals surface area contributed by atoms with Crippen LogP contribution in [0.25, 0.3) is 0 Å². The topological polar surface area (TPSA) is 32.8 Å². The molecule has 2 unspecified atom stereocenters. The standard InChI is InChI=1S/C11H13FO2/c12-9-3-1-2-8(6-9)11(13)5-4-10-7-14-10/h1-3,6,10-11,13H,4-5,7H2. The van der Waals surface area contributed by atoms with Crippen LogP contribution in [0.15, 0.2) is 24.3 Å². The minimum Gasteiger partial charge on any atom is -0.388 e. The van der Waals surface area contributed by atoms with E-state index in [-0.39, 0.29) is 5.82 Å². The third-order valence-electron chi connectivity index (χ3n) is 2.40. The van der Waals surface area contributed by atoms with Gasteiger partial charge < -0.3 is 9.84 Å². The first-order valence-electron chi connectivity index (χ1n) is 4.81. The Bertz CT molecular complexity index is 310. The van der Waals surface area contributed by atoms with Gasteiger partial charge in [-0.15, -0.1) is 0 Å². The molecule has 0 radical (unpaired) electrons. The van der Waals surface area contributed by atoms with Crippen LogP contribution in [0.4, 0.5) is 4.39 Å². The minimum atomic E-state index is -0.574. The van der Waals surface area contributed by atoms with E-state index >= 15 is 0 Å². The van der Waals surface area contributed by atoms with Crippen LogP contribution in [-0.4, -0.2) is 17.8 Å². The number of benzene rings is 1. The second-order valence-corrected chi connectivity index (χ2v) is 3.60. The Hall–Kier alpha value is -0.930. The summed E-state index contributed by atoms with van der Waals surface area (Å²) in [5.41, 5.74) is 0.644. The Balaban J connectivity index is 1.91. The minimum absolute atomic E-state index is 0.302. The van der Waals surface area contributed by atoms with Crippen LogP contribution >= 0.6 is 0 Å². The smallest absolute Gasteiger partial charge is 0.123 e. The first-order chi connectivity index (χ1) is 6.75. The van der Waals surface area contributed by atoms with Crippen LogP contribution in [0.1, 0.15) is 24.5 Å². The zero-order valence-electron chi connectivity index (χ0n) is 7.82. The van der Waals surface area contributed by atoms with Crippen molar-refractivity contribution in [3.05, 3.63) is 35.6 Å². The molecule has 2 nitrogen and oxygen atoms in total. The molecule has 2 rings (SSSR count). The lowest BCUT2D eigenvalue weighted by Gasteiger charge is -2.09. The van der Waals surface area contributed by atoms with E-state index in [4.69, 9.17) is 4.74 Å². The highest BCUT2D eigenvalue weighted by Crippen LogP contribution is 2.24. The average molecular weight is 196 g/mol. The third kappa shape index (κ3) is 2.53. The molecule has 1 heterocycles. The van der Waals surface area contributed by atoms with Crippen LogP contribution in [0.3, 0.4) is 0 Å². The van der Waals surface area contributed by atoms with E-state index in [2.05, 4.69) is 0 Å². The molecule has 0 aliphatic carbocycles. The van der Waals surface area contributed by atoms with Gasteiger partial charge in [-0.1, -0.05) is 12.1 Å². The van der Waals surface area contributed by atoms with Gasteiger partial charge in [-0.3, -0.25) is 0 Å². The molecule has 2 atom stereocenters. The Morgan fingerprint density at radius 2 is 2.36 bits per heavy atom. The maximum atomic E-state index is 12.8. The van der Waals surface area contributed by atoms with Gasteiger partial charge in [-0.05, 0) is 30.5 Å². The summed E-state index contributed by atoms with van der Waals surface area (Å²) in [6.45, 7) is 0.801. The molecular formula is C11H13FO2. The second kappa shape index (κ2) is 4.07. The lowest BCUT2D eigenvalue weighted by Crippen LogP contribution is -1.99. The van der Waals surface area contributed by atoms with Gasteiger partial charge in [0.05, 0.1) is 18.8 Å². The lowest BCUT2D eigenvalue weighted by atomic mass is 10.0. The van der Waals surface area contributed by atoms with Crippen LogP contribution < -0.4 is 0 Å². The maximum Gasteiger partial charge on any atom is 0.123 e. The van der Waals surface area contributed by atoms with Gasteiger partial charge in [0, 0.05) is 0 Å². The Morgan fingerprint density at radius 1 is 1.57 bits per heavy atom. The predicted octanol–water partition coefficient (Wildman–Crippen LogP) is 2.04. The Morgan fingerprint density at radius 3 is 3.00 bits per heavy atom. The summed E-state index contributed by atoms with van der Waals surface area (Å²) in [5, 5.41) is 9.70. The molecule has 1 N–H and O–H groups in total. The number of halogens is 1. The summed E-state index contributed by atoms with van der Waals surface area (Å²) in [5.74, 6) is -0.302. The SMILES string of the molecule is OC(CCC1CO1)c1cccc(F)c1. The number of hydrogen-bond acceptors (Lipinski definition) is 2. The van der Waals surface area contributed by atoms with E-state index in [1.807, 2.05) is 0 Å². The van der Waals surface area contributed by atoms with Crippen LogP contribution in [0, 0.1) is 5.82 Å². The van der Waals surface area contributed by atoms with Gasteiger partial charge in [-0.2, -0.15) is 0 Å². The van der Waals surface area contributed by atoms with E-state index in [1.165, 1.54) is 12.1 Å². The predicted molar refractivity (Wildman–Crippen MR) is 50.3 cm³/mol. The van der Waals surface area contributed by atoms with Crippen molar-refractivity contribution in [2.24, 2.45) is 0 Å². The molecular weight excluding hydrogens is 183 g/mol.